The maximum absolute atomic E-state index is 13.7. The van der Waals surface area contributed by atoms with Gasteiger partial charge in [-0.05, 0) is 73.5 Å². The molecule has 180 valence electrons. The second-order valence-electron chi connectivity index (χ2n) is 8.67. The topological polar surface area (TPSA) is 94.6 Å². The van der Waals surface area contributed by atoms with Crippen molar-refractivity contribution in [1.82, 2.24) is 10.3 Å². The molecule has 0 aliphatic carbocycles. The Labute approximate surface area is 207 Å². The number of amides is 1. The number of thiophene rings is 1. The normalized spacial score (nSPS) is 14.6. The lowest BCUT2D eigenvalue weighted by atomic mass is 9.98. The molecule has 1 N–H and O–H groups in total. The van der Waals surface area contributed by atoms with E-state index in [4.69, 9.17) is 20.9 Å². The van der Waals surface area contributed by atoms with Crippen LogP contribution in [0.15, 0.2) is 54.2 Å². The third-order valence-electron chi connectivity index (χ3n) is 4.86. The molecule has 34 heavy (non-hydrogen) atoms. The molecule has 2 unspecified atom stereocenters. The number of nitrogens with zero attached hydrogens (tertiary/aromatic N) is 1. The number of fused-ring (bicyclic) bond motifs is 1. The van der Waals surface area contributed by atoms with E-state index in [9.17, 15) is 14.2 Å². The summed E-state index contributed by atoms with van der Waals surface area (Å²) in [6, 6.07) is 10.7. The predicted molar refractivity (Wildman–Crippen MR) is 136 cm³/mol. The molecular weight excluding hydrogens is 495 g/mol. The second-order valence-corrected chi connectivity index (χ2v) is 12.6. The molecule has 7 nitrogen and oxygen atoms in total. The quantitative estimate of drug-likeness (QED) is 0.214. The van der Waals surface area contributed by atoms with E-state index in [0.717, 1.165) is 4.70 Å². The molecule has 0 fully saturated rings. The zero-order chi connectivity index (χ0) is 24.9. The fourth-order valence-electron chi connectivity index (χ4n) is 3.08. The Hall–Kier alpha value is -2.51. The first-order valence-electron chi connectivity index (χ1n) is 10.4. The molecular formula is C24H26ClN2O5PS. The zero-order valence-electron chi connectivity index (χ0n) is 19.3. The standard InChI is InChI=1S/C24H26ClN2O5PS/c1-24(2,3)23(29)31-15-32-33(4,30)21(19-14-34-20-9-8-16(25)13-18(19)20)22(28)27-12-10-17-7-5-6-11-26-17/h5-14,21H,15H2,1-4H3,(H,27,28)/b12-10+. The highest BCUT2D eigenvalue weighted by molar-refractivity contribution is 7.59. The fourth-order valence-corrected chi connectivity index (χ4v) is 5.95. The highest BCUT2D eigenvalue weighted by atomic mass is 35.5. The number of carbonyl (C=O) groups is 2. The molecule has 2 atom stereocenters. The summed E-state index contributed by atoms with van der Waals surface area (Å²) in [6.45, 7) is 5.93. The lowest BCUT2D eigenvalue weighted by Crippen LogP contribution is -2.27. The molecule has 0 saturated carbocycles. The van der Waals surface area contributed by atoms with Crippen molar-refractivity contribution in [2.24, 2.45) is 5.41 Å². The van der Waals surface area contributed by atoms with Crippen molar-refractivity contribution in [2.75, 3.05) is 13.5 Å². The van der Waals surface area contributed by atoms with Crippen LogP contribution in [0.3, 0.4) is 0 Å². The van der Waals surface area contributed by atoms with Gasteiger partial charge < -0.3 is 10.1 Å². The van der Waals surface area contributed by atoms with Gasteiger partial charge in [0.1, 0.15) is 5.66 Å². The van der Waals surface area contributed by atoms with Crippen LogP contribution >= 0.6 is 30.3 Å². The van der Waals surface area contributed by atoms with Crippen LogP contribution in [-0.4, -0.2) is 30.3 Å². The Morgan fingerprint density at radius 2 is 2.03 bits per heavy atom. The van der Waals surface area contributed by atoms with Gasteiger partial charge in [-0.1, -0.05) is 17.7 Å². The van der Waals surface area contributed by atoms with Crippen LogP contribution in [0.1, 0.15) is 37.7 Å². The monoisotopic (exact) mass is 520 g/mol. The maximum Gasteiger partial charge on any atom is 0.313 e. The van der Waals surface area contributed by atoms with Gasteiger partial charge in [0.15, 0.2) is 6.79 Å². The number of ether oxygens (including phenoxy) is 1. The third-order valence-corrected chi connectivity index (χ3v) is 8.14. The molecule has 0 spiro atoms. The van der Waals surface area contributed by atoms with Gasteiger partial charge in [-0.15, -0.1) is 11.3 Å². The number of benzene rings is 1. The molecule has 2 heterocycles. The van der Waals surface area contributed by atoms with Crippen LogP contribution < -0.4 is 5.32 Å². The summed E-state index contributed by atoms with van der Waals surface area (Å²) >= 11 is 7.60. The summed E-state index contributed by atoms with van der Waals surface area (Å²) in [6.07, 6.45) is 4.71. The molecule has 0 radical (unpaired) electrons. The maximum atomic E-state index is 13.7. The SMILES string of the molecule is CC(C)(C)C(=O)OCOP(C)(=O)C(C(=O)N/C=C/c1ccccn1)c1csc2ccc(Cl)cc12. The number of esters is 1. The summed E-state index contributed by atoms with van der Waals surface area (Å²) in [7, 11) is -3.66. The van der Waals surface area contributed by atoms with Crippen LogP contribution in [-0.2, 0) is 23.4 Å². The minimum atomic E-state index is -3.66. The summed E-state index contributed by atoms with van der Waals surface area (Å²) in [5, 5.41) is 5.66. The van der Waals surface area contributed by atoms with Gasteiger partial charge in [-0.2, -0.15) is 0 Å². The van der Waals surface area contributed by atoms with E-state index in [1.54, 1.807) is 62.7 Å². The minimum Gasteiger partial charge on any atom is -0.438 e. The van der Waals surface area contributed by atoms with Crippen LogP contribution in [0.5, 0.6) is 0 Å². The Balaban J connectivity index is 1.88. The Morgan fingerprint density at radius 1 is 1.26 bits per heavy atom. The summed E-state index contributed by atoms with van der Waals surface area (Å²) < 4.78 is 25.3. The van der Waals surface area contributed by atoms with Crippen molar-refractivity contribution >= 4 is 58.3 Å². The van der Waals surface area contributed by atoms with Crippen LogP contribution in [0, 0.1) is 5.41 Å². The van der Waals surface area contributed by atoms with Crippen molar-refractivity contribution < 1.29 is 23.4 Å². The fraction of sp³-hybridized carbons (Fsp3) is 0.292. The first-order valence-corrected chi connectivity index (χ1v) is 13.8. The van der Waals surface area contributed by atoms with Gasteiger partial charge in [-0.25, -0.2) is 0 Å². The average molecular weight is 521 g/mol. The smallest absolute Gasteiger partial charge is 0.313 e. The van der Waals surface area contributed by atoms with E-state index in [0.29, 0.717) is 21.7 Å². The molecule has 0 aliphatic heterocycles. The van der Waals surface area contributed by atoms with Gasteiger partial charge >= 0.3 is 5.97 Å². The number of nitrogens with one attached hydrogen (secondary N) is 1. The summed E-state index contributed by atoms with van der Waals surface area (Å²) in [4.78, 5) is 29.5. The molecule has 0 aliphatic rings. The van der Waals surface area contributed by atoms with Gasteiger partial charge in [-0.3, -0.25) is 23.7 Å². The van der Waals surface area contributed by atoms with Crippen LogP contribution in [0.2, 0.25) is 5.02 Å². The van der Waals surface area contributed by atoms with E-state index in [2.05, 4.69) is 10.3 Å². The van der Waals surface area contributed by atoms with Gasteiger partial charge in [0, 0.05) is 28.8 Å². The van der Waals surface area contributed by atoms with E-state index >= 15 is 0 Å². The van der Waals surface area contributed by atoms with Crippen molar-refractivity contribution in [3.05, 3.63) is 70.5 Å². The van der Waals surface area contributed by atoms with E-state index in [1.165, 1.54) is 24.2 Å². The average Bonchev–Trinajstić information content (AvgIpc) is 3.16. The first-order chi connectivity index (χ1) is 16.0. The van der Waals surface area contributed by atoms with Gasteiger partial charge in [0.25, 0.3) is 0 Å². The molecule has 2 aromatic heterocycles. The molecule has 1 aromatic carbocycles. The number of rotatable bonds is 8. The molecule has 0 bridgehead atoms. The minimum absolute atomic E-state index is 0.493. The van der Waals surface area contributed by atoms with Gasteiger partial charge in [0.05, 0.1) is 11.1 Å². The molecule has 1 amide bonds. The lowest BCUT2D eigenvalue weighted by molar-refractivity contribution is -0.159. The first kappa shape index (κ1) is 26.1. The highest BCUT2D eigenvalue weighted by Crippen LogP contribution is 2.59. The number of halogens is 1. The summed E-state index contributed by atoms with van der Waals surface area (Å²) in [5.74, 6) is -1.03. The molecule has 3 aromatic rings. The van der Waals surface area contributed by atoms with Crippen molar-refractivity contribution in [2.45, 2.75) is 26.4 Å². The number of aromatic nitrogens is 1. The lowest BCUT2D eigenvalue weighted by Gasteiger charge is -2.24. The Morgan fingerprint density at radius 3 is 2.71 bits per heavy atom. The molecule has 3 rings (SSSR count). The number of hydrogen-bond acceptors (Lipinski definition) is 7. The van der Waals surface area contributed by atoms with Crippen LogP contribution in [0.25, 0.3) is 16.2 Å². The number of hydrogen-bond donors (Lipinski definition) is 1. The van der Waals surface area contributed by atoms with Crippen LogP contribution in [0.4, 0.5) is 0 Å². The number of carbonyl (C=O) groups excluding carboxylic acids is 2. The summed E-state index contributed by atoms with van der Waals surface area (Å²) in [5.41, 5.74) is -0.716. The Kier molecular flexibility index (Phi) is 8.31. The van der Waals surface area contributed by atoms with E-state index < -0.39 is 37.1 Å². The molecule has 10 heteroatoms. The number of pyridine rings is 1. The predicted octanol–water partition coefficient (Wildman–Crippen LogP) is 6.25. The van der Waals surface area contributed by atoms with Gasteiger partial charge in [0.2, 0.25) is 13.3 Å². The van der Waals surface area contributed by atoms with Crippen molar-refractivity contribution in [3.8, 4) is 0 Å². The van der Waals surface area contributed by atoms with E-state index in [1.807, 2.05) is 12.1 Å². The Bertz CT molecular complexity index is 1250. The highest BCUT2D eigenvalue weighted by Gasteiger charge is 2.39. The second kappa shape index (κ2) is 10.8. The van der Waals surface area contributed by atoms with E-state index in [-0.39, 0.29) is 0 Å². The largest absolute Gasteiger partial charge is 0.438 e. The van der Waals surface area contributed by atoms with Crippen molar-refractivity contribution in [3.63, 3.8) is 0 Å². The van der Waals surface area contributed by atoms with Crippen molar-refractivity contribution in [1.29, 1.82) is 0 Å². The zero-order valence-corrected chi connectivity index (χ0v) is 21.7. The molecule has 0 saturated heterocycles. The third kappa shape index (κ3) is 6.54.